The fourth-order valence-electron chi connectivity index (χ4n) is 2.63. The van der Waals surface area contributed by atoms with Gasteiger partial charge in [-0.25, -0.2) is 9.97 Å². The van der Waals surface area contributed by atoms with E-state index in [2.05, 4.69) is 35.6 Å². The lowest BCUT2D eigenvalue weighted by molar-refractivity contribution is 0.102. The van der Waals surface area contributed by atoms with E-state index in [1.165, 1.54) is 0 Å². The van der Waals surface area contributed by atoms with Crippen molar-refractivity contribution in [2.45, 2.75) is 6.92 Å². The number of rotatable bonds is 5. The third-order valence-electron chi connectivity index (χ3n) is 4.10. The Morgan fingerprint density at radius 2 is 1.86 bits per heavy atom. The van der Waals surface area contributed by atoms with E-state index >= 15 is 0 Å². The summed E-state index contributed by atoms with van der Waals surface area (Å²) >= 11 is 0. The van der Waals surface area contributed by atoms with Gasteiger partial charge in [0.15, 0.2) is 0 Å². The molecule has 0 radical (unpaired) electrons. The van der Waals surface area contributed by atoms with Crippen molar-refractivity contribution in [1.82, 2.24) is 24.9 Å². The van der Waals surface area contributed by atoms with Gasteiger partial charge in [0.25, 0.3) is 5.91 Å². The van der Waals surface area contributed by atoms with Gasteiger partial charge >= 0.3 is 0 Å². The van der Waals surface area contributed by atoms with E-state index in [9.17, 15) is 4.79 Å². The third-order valence-corrected chi connectivity index (χ3v) is 4.10. The fourth-order valence-corrected chi connectivity index (χ4v) is 2.63. The average molecular weight is 383 g/mol. The smallest absolute Gasteiger partial charge is 0.274 e. The number of pyridine rings is 3. The first-order valence-corrected chi connectivity index (χ1v) is 8.88. The highest BCUT2D eigenvalue weighted by atomic mass is 16.1. The number of aryl methyl sites for hydroxylation is 1. The molecule has 0 aromatic carbocycles. The van der Waals surface area contributed by atoms with Gasteiger partial charge < -0.3 is 10.6 Å². The van der Waals surface area contributed by atoms with Crippen molar-refractivity contribution in [1.29, 1.82) is 0 Å². The summed E-state index contributed by atoms with van der Waals surface area (Å²) < 4.78 is 0. The summed E-state index contributed by atoms with van der Waals surface area (Å²) in [6.45, 7) is 1.86. The number of anilines is 3. The summed E-state index contributed by atoms with van der Waals surface area (Å²) in [5.41, 5.74) is 3.95. The number of carbonyl (C=O) groups excluding carboxylic acids is 1. The Kier molecular flexibility index (Phi) is 5.15. The van der Waals surface area contributed by atoms with Crippen LogP contribution in [-0.2, 0) is 0 Å². The Bertz CT molecular complexity index is 1130. The van der Waals surface area contributed by atoms with Crippen LogP contribution in [-0.4, -0.2) is 30.8 Å². The molecule has 4 aromatic heterocycles. The molecule has 2 N–H and O–H groups in total. The van der Waals surface area contributed by atoms with Gasteiger partial charge in [-0.2, -0.15) is 0 Å². The predicted octanol–water partition coefficient (Wildman–Crippen LogP) is 3.63. The molecule has 0 saturated carbocycles. The molecule has 142 valence electrons. The predicted molar refractivity (Wildman–Crippen MR) is 110 cm³/mol. The largest absolute Gasteiger partial charge is 0.322 e. The molecule has 0 aliphatic heterocycles. The third kappa shape index (κ3) is 4.38. The molecule has 0 atom stereocenters. The van der Waals surface area contributed by atoms with Crippen molar-refractivity contribution in [3.05, 3.63) is 84.8 Å². The van der Waals surface area contributed by atoms with Gasteiger partial charge in [0, 0.05) is 30.4 Å². The van der Waals surface area contributed by atoms with Crippen molar-refractivity contribution in [3.63, 3.8) is 0 Å². The first kappa shape index (κ1) is 18.2. The van der Waals surface area contributed by atoms with E-state index in [1.54, 1.807) is 55.2 Å². The second-order valence-electron chi connectivity index (χ2n) is 6.16. The maximum Gasteiger partial charge on any atom is 0.274 e. The molecule has 1 amide bonds. The molecule has 0 unspecified atom stereocenters. The van der Waals surface area contributed by atoms with Gasteiger partial charge in [0.1, 0.15) is 5.69 Å². The second kappa shape index (κ2) is 8.22. The first-order chi connectivity index (χ1) is 14.2. The van der Waals surface area contributed by atoms with Crippen LogP contribution in [0.5, 0.6) is 0 Å². The molecule has 0 spiro atoms. The molecule has 0 saturated heterocycles. The topological polar surface area (TPSA) is 106 Å². The zero-order chi connectivity index (χ0) is 20.1. The minimum absolute atomic E-state index is 0.308. The van der Waals surface area contributed by atoms with Gasteiger partial charge in [-0.1, -0.05) is 6.07 Å². The highest BCUT2D eigenvalue weighted by Crippen LogP contribution is 2.22. The SMILES string of the molecule is Cc1ncc(NC(=O)c2ccccn2)cc1Nc1nccc(-c2cccnc2)n1. The standard InChI is InChI=1S/C21H17N7O/c1-14-19(11-16(13-25-14)26-20(29)18-6-2-3-9-23-18)28-21-24-10-7-17(27-21)15-5-4-8-22-12-15/h2-13H,1H3,(H,26,29)(H,24,27,28). The molecule has 0 bridgehead atoms. The van der Waals surface area contributed by atoms with Crippen LogP contribution in [0.1, 0.15) is 16.2 Å². The number of carbonyl (C=O) groups is 1. The molecular weight excluding hydrogens is 366 g/mol. The van der Waals surface area contributed by atoms with Gasteiger partial charge in [-0.15, -0.1) is 0 Å². The second-order valence-corrected chi connectivity index (χ2v) is 6.16. The van der Waals surface area contributed by atoms with E-state index in [0.717, 1.165) is 17.0 Å². The van der Waals surface area contributed by atoms with E-state index < -0.39 is 0 Å². The fraction of sp³-hybridized carbons (Fsp3) is 0.0476. The summed E-state index contributed by atoms with van der Waals surface area (Å²) in [5, 5.41) is 5.96. The van der Waals surface area contributed by atoms with Crippen LogP contribution in [0.3, 0.4) is 0 Å². The van der Waals surface area contributed by atoms with Gasteiger partial charge in [0.05, 0.1) is 29.0 Å². The minimum atomic E-state index is -0.308. The lowest BCUT2D eigenvalue weighted by atomic mass is 10.2. The minimum Gasteiger partial charge on any atom is -0.322 e. The van der Waals surface area contributed by atoms with E-state index in [0.29, 0.717) is 23.0 Å². The molecule has 0 fully saturated rings. The summed E-state index contributed by atoms with van der Waals surface area (Å²) in [6, 6.07) is 12.5. The van der Waals surface area contributed by atoms with Crippen molar-refractivity contribution in [3.8, 4) is 11.3 Å². The van der Waals surface area contributed by atoms with Gasteiger partial charge in [0.2, 0.25) is 5.95 Å². The van der Waals surface area contributed by atoms with Crippen LogP contribution in [0.2, 0.25) is 0 Å². The monoisotopic (exact) mass is 383 g/mol. The quantitative estimate of drug-likeness (QED) is 0.542. The summed E-state index contributed by atoms with van der Waals surface area (Å²) in [4.78, 5) is 33.6. The number of hydrogen-bond donors (Lipinski definition) is 2. The van der Waals surface area contributed by atoms with Crippen molar-refractivity contribution < 1.29 is 4.79 Å². The molecule has 0 aliphatic rings. The molecular formula is C21H17N7O. The van der Waals surface area contributed by atoms with Crippen molar-refractivity contribution >= 4 is 23.2 Å². The zero-order valence-corrected chi connectivity index (χ0v) is 15.6. The van der Waals surface area contributed by atoms with Crippen LogP contribution in [0.25, 0.3) is 11.3 Å². The Morgan fingerprint density at radius 3 is 2.66 bits per heavy atom. The van der Waals surface area contributed by atoms with Crippen molar-refractivity contribution in [2.75, 3.05) is 10.6 Å². The van der Waals surface area contributed by atoms with E-state index in [-0.39, 0.29) is 5.91 Å². The van der Waals surface area contributed by atoms with Gasteiger partial charge in [-0.3, -0.25) is 19.7 Å². The summed E-state index contributed by atoms with van der Waals surface area (Å²) in [7, 11) is 0. The molecule has 8 heteroatoms. The molecule has 4 aromatic rings. The summed E-state index contributed by atoms with van der Waals surface area (Å²) in [6.07, 6.45) is 8.29. The molecule has 4 heterocycles. The molecule has 4 rings (SSSR count). The number of aromatic nitrogens is 5. The molecule has 29 heavy (non-hydrogen) atoms. The van der Waals surface area contributed by atoms with Crippen molar-refractivity contribution in [2.24, 2.45) is 0 Å². The van der Waals surface area contributed by atoms with Crippen LogP contribution in [0, 0.1) is 6.92 Å². The highest BCUT2D eigenvalue weighted by Gasteiger charge is 2.10. The van der Waals surface area contributed by atoms with E-state index in [1.807, 2.05) is 25.1 Å². The van der Waals surface area contributed by atoms with Crippen LogP contribution < -0.4 is 10.6 Å². The Hall–Kier alpha value is -4.20. The number of amides is 1. The number of nitrogens with one attached hydrogen (secondary N) is 2. The van der Waals surface area contributed by atoms with Crippen LogP contribution >= 0.6 is 0 Å². The molecule has 8 nitrogen and oxygen atoms in total. The van der Waals surface area contributed by atoms with Gasteiger partial charge in [-0.05, 0) is 43.3 Å². The maximum atomic E-state index is 12.3. The summed E-state index contributed by atoms with van der Waals surface area (Å²) in [5.74, 6) is 0.112. The van der Waals surface area contributed by atoms with E-state index in [4.69, 9.17) is 0 Å². The Labute approximate surface area is 167 Å². The lowest BCUT2D eigenvalue weighted by Crippen LogP contribution is -2.14. The average Bonchev–Trinajstić information content (AvgIpc) is 2.77. The van der Waals surface area contributed by atoms with Crippen LogP contribution in [0.4, 0.5) is 17.3 Å². The Morgan fingerprint density at radius 1 is 0.931 bits per heavy atom. The van der Waals surface area contributed by atoms with Crippen LogP contribution in [0.15, 0.2) is 73.4 Å². The Balaban J connectivity index is 1.55. The number of hydrogen-bond acceptors (Lipinski definition) is 7. The lowest BCUT2D eigenvalue weighted by Gasteiger charge is -2.11. The number of nitrogens with zero attached hydrogens (tertiary/aromatic N) is 5. The maximum absolute atomic E-state index is 12.3. The first-order valence-electron chi connectivity index (χ1n) is 8.88. The highest BCUT2D eigenvalue weighted by molar-refractivity contribution is 6.03. The molecule has 0 aliphatic carbocycles. The zero-order valence-electron chi connectivity index (χ0n) is 15.6. The normalized spacial score (nSPS) is 10.4.